The lowest BCUT2D eigenvalue weighted by Crippen LogP contribution is -2.04. The molecule has 12 heavy (non-hydrogen) atoms. The zero-order valence-electron chi connectivity index (χ0n) is 6.03. The van der Waals surface area contributed by atoms with Crippen molar-refractivity contribution in [1.29, 1.82) is 0 Å². The number of pyridine rings is 1. The molecule has 0 spiro atoms. The summed E-state index contributed by atoms with van der Waals surface area (Å²) in [6.45, 7) is 0. The minimum absolute atomic E-state index is 0.229. The van der Waals surface area contributed by atoms with Crippen LogP contribution in [0.1, 0.15) is 0 Å². The van der Waals surface area contributed by atoms with Crippen molar-refractivity contribution >= 4 is 10.9 Å². The van der Waals surface area contributed by atoms with Gasteiger partial charge in [-0.2, -0.15) is 0 Å². The van der Waals surface area contributed by atoms with Crippen LogP contribution >= 0.6 is 0 Å². The van der Waals surface area contributed by atoms with Crippen LogP contribution in [0, 0.1) is 0 Å². The highest BCUT2D eigenvalue weighted by molar-refractivity contribution is 5.75. The summed E-state index contributed by atoms with van der Waals surface area (Å²) in [6.07, 6.45) is 1.31. The van der Waals surface area contributed by atoms with E-state index in [0.29, 0.717) is 10.9 Å². The van der Waals surface area contributed by atoms with E-state index in [9.17, 15) is 9.59 Å². The first kappa shape index (κ1) is 6.84. The maximum absolute atomic E-state index is 10.8. The maximum atomic E-state index is 10.8. The van der Waals surface area contributed by atoms with E-state index in [1.54, 1.807) is 6.07 Å². The van der Waals surface area contributed by atoms with E-state index in [-0.39, 0.29) is 5.56 Å². The Hall–Kier alpha value is -1.84. The van der Waals surface area contributed by atoms with Crippen molar-refractivity contribution in [3.63, 3.8) is 0 Å². The molecule has 0 aliphatic rings. The average molecular weight is 163 g/mol. The number of rotatable bonds is 0. The topological polar surface area (TPSA) is 63.1 Å². The lowest BCUT2D eigenvalue weighted by Gasteiger charge is -1.92. The Balaban J connectivity index is 2.98. The second-order valence-electron chi connectivity index (χ2n) is 2.39. The van der Waals surface area contributed by atoms with E-state index in [1.807, 2.05) is 0 Å². The first-order valence-corrected chi connectivity index (χ1v) is 3.37. The monoisotopic (exact) mass is 163 g/mol. The number of hydrogen-bond donors (Lipinski definition) is 1. The van der Waals surface area contributed by atoms with E-state index in [0.717, 1.165) is 0 Å². The molecule has 0 bridgehead atoms. The third-order valence-corrected chi connectivity index (χ3v) is 1.55. The second-order valence-corrected chi connectivity index (χ2v) is 2.39. The average Bonchev–Trinajstić information content (AvgIpc) is 2.03. The fraction of sp³-hybridized carbons (Fsp3) is 0. The molecule has 4 nitrogen and oxygen atoms in total. The summed E-state index contributed by atoms with van der Waals surface area (Å²) in [6, 6.07) is 4.22. The van der Waals surface area contributed by atoms with Gasteiger partial charge in [0.05, 0.1) is 5.52 Å². The molecule has 0 fully saturated rings. The lowest BCUT2D eigenvalue weighted by molar-refractivity contribution is 0.517. The number of H-pyrrole nitrogens is 1. The zero-order valence-corrected chi connectivity index (χ0v) is 6.03. The molecule has 0 amide bonds. The first-order valence-electron chi connectivity index (χ1n) is 3.37. The Labute approximate surface area is 66.5 Å². The molecule has 4 heteroatoms. The third kappa shape index (κ3) is 1.03. The van der Waals surface area contributed by atoms with Gasteiger partial charge >= 0.3 is 5.63 Å². The molecular formula is C8H5NO3. The Morgan fingerprint density at radius 2 is 2.08 bits per heavy atom. The third-order valence-electron chi connectivity index (χ3n) is 1.55. The van der Waals surface area contributed by atoms with Gasteiger partial charge in [-0.25, -0.2) is 4.79 Å². The minimum atomic E-state index is -0.468. The number of hydrogen-bond acceptors (Lipinski definition) is 3. The molecular weight excluding hydrogens is 158 g/mol. The van der Waals surface area contributed by atoms with Crippen LogP contribution in [-0.4, -0.2) is 4.98 Å². The Kier molecular flexibility index (Phi) is 1.33. The minimum Gasteiger partial charge on any atom is -0.431 e. The molecule has 2 heterocycles. The van der Waals surface area contributed by atoms with Crippen LogP contribution in [0.15, 0.2) is 38.5 Å². The highest BCUT2D eigenvalue weighted by Crippen LogP contribution is 2.03. The number of aromatic nitrogens is 1. The van der Waals surface area contributed by atoms with Gasteiger partial charge in [-0.05, 0) is 6.07 Å². The van der Waals surface area contributed by atoms with Crippen molar-refractivity contribution in [3.05, 3.63) is 45.2 Å². The summed E-state index contributed by atoms with van der Waals surface area (Å²) in [5.74, 6) is 0. The normalized spacial score (nSPS) is 10.3. The number of fused-ring (bicyclic) bond motifs is 1. The summed E-state index contributed by atoms with van der Waals surface area (Å²) in [7, 11) is 0. The van der Waals surface area contributed by atoms with Crippen LogP contribution in [-0.2, 0) is 0 Å². The van der Waals surface area contributed by atoms with Gasteiger partial charge in [-0.1, -0.05) is 0 Å². The van der Waals surface area contributed by atoms with Gasteiger partial charge in [-0.3, -0.25) is 4.79 Å². The van der Waals surface area contributed by atoms with Crippen molar-refractivity contribution < 1.29 is 4.42 Å². The van der Waals surface area contributed by atoms with Gasteiger partial charge in [0.25, 0.3) is 0 Å². The molecule has 0 saturated carbocycles. The fourth-order valence-corrected chi connectivity index (χ4v) is 0.997. The van der Waals surface area contributed by atoms with Crippen molar-refractivity contribution in [2.75, 3.05) is 0 Å². The van der Waals surface area contributed by atoms with E-state index in [2.05, 4.69) is 9.40 Å². The van der Waals surface area contributed by atoms with Crippen molar-refractivity contribution in [3.8, 4) is 0 Å². The largest absolute Gasteiger partial charge is 0.431 e. The standard InChI is InChI=1S/C8H5NO3/c10-7-2-1-5-4-12-8(11)3-6(5)9-7/h1-4H,(H,9,10). The maximum Gasteiger partial charge on any atom is 0.337 e. The molecule has 0 aliphatic carbocycles. The first-order chi connectivity index (χ1) is 5.75. The molecule has 0 aromatic carbocycles. The predicted octanol–water partition coefficient (Wildman–Crippen LogP) is 0.481. The van der Waals surface area contributed by atoms with Gasteiger partial charge < -0.3 is 9.40 Å². The van der Waals surface area contributed by atoms with Crippen LogP contribution < -0.4 is 11.2 Å². The van der Waals surface area contributed by atoms with Crippen LogP contribution in [0.4, 0.5) is 0 Å². The molecule has 2 aromatic heterocycles. The van der Waals surface area contributed by atoms with Gasteiger partial charge in [-0.15, -0.1) is 0 Å². The van der Waals surface area contributed by atoms with Crippen LogP contribution in [0.25, 0.3) is 10.9 Å². The highest BCUT2D eigenvalue weighted by Gasteiger charge is 1.94. The summed E-state index contributed by atoms with van der Waals surface area (Å²) < 4.78 is 4.60. The molecule has 2 aromatic rings. The van der Waals surface area contributed by atoms with Gasteiger partial charge in [0.2, 0.25) is 5.56 Å². The molecule has 60 valence electrons. The zero-order chi connectivity index (χ0) is 8.55. The van der Waals surface area contributed by atoms with Crippen molar-refractivity contribution in [2.45, 2.75) is 0 Å². The van der Waals surface area contributed by atoms with Crippen molar-refractivity contribution in [1.82, 2.24) is 4.98 Å². The fourth-order valence-electron chi connectivity index (χ4n) is 0.997. The van der Waals surface area contributed by atoms with E-state index >= 15 is 0 Å². The van der Waals surface area contributed by atoms with Crippen LogP contribution in [0.5, 0.6) is 0 Å². The van der Waals surface area contributed by atoms with Crippen molar-refractivity contribution in [2.24, 2.45) is 0 Å². The predicted molar refractivity (Wildman–Crippen MR) is 43.1 cm³/mol. The SMILES string of the molecule is O=c1ccc2coc(=O)cc2[nH]1. The summed E-state index contributed by atoms with van der Waals surface area (Å²) >= 11 is 0. The Morgan fingerprint density at radius 1 is 1.25 bits per heavy atom. The smallest absolute Gasteiger partial charge is 0.337 e. The van der Waals surface area contributed by atoms with Gasteiger partial charge in [0.1, 0.15) is 6.26 Å². The lowest BCUT2D eigenvalue weighted by atomic mass is 10.3. The highest BCUT2D eigenvalue weighted by atomic mass is 16.4. The number of aromatic amines is 1. The second kappa shape index (κ2) is 2.34. The molecule has 0 unspecified atom stereocenters. The molecule has 0 saturated heterocycles. The molecule has 1 N–H and O–H groups in total. The Morgan fingerprint density at radius 3 is 2.92 bits per heavy atom. The summed E-state index contributed by atoms with van der Waals surface area (Å²) in [4.78, 5) is 24.0. The van der Waals surface area contributed by atoms with Crippen LogP contribution in [0.3, 0.4) is 0 Å². The van der Waals surface area contributed by atoms with Crippen LogP contribution in [0.2, 0.25) is 0 Å². The molecule has 2 rings (SSSR count). The quantitative estimate of drug-likeness (QED) is 0.614. The molecule has 0 aliphatic heterocycles. The van der Waals surface area contributed by atoms with E-state index in [1.165, 1.54) is 18.4 Å². The van der Waals surface area contributed by atoms with E-state index < -0.39 is 5.63 Å². The van der Waals surface area contributed by atoms with Gasteiger partial charge in [0, 0.05) is 17.5 Å². The molecule has 0 radical (unpaired) electrons. The number of nitrogens with one attached hydrogen (secondary N) is 1. The summed E-state index contributed by atoms with van der Waals surface area (Å²) in [5.41, 5.74) is -0.198. The van der Waals surface area contributed by atoms with Gasteiger partial charge in [0.15, 0.2) is 0 Å². The van der Waals surface area contributed by atoms with E-state index in [4.69, 9.17) is 0 Å². The molecule has 0 atom stereocenters. The Bertz CT molecular complexity index is 479. The summed E-state index contributed by atoms with van der Waals surface area (Å²) in [5, 5.41) is 0.703.